The van der Waals surface area contributed by atoms with Crippen LogP contribution in [0.5, 0.6) is 0 Å². The maximum Gasteiger partial charge on any atom is 0.0701 e. The van der Waals surface area contributed by atoms with E-state index in [4.69, 9.17) is 0 Å². The zero-order valence-electron chi connectivity index (χ0n) is 26.4. The Balaban J connectivity index is 1.27. The summed E-state index contributed by atoms with van der Waals surface area (Å²) in [5.74, 6) is 0.230. The fraction of sp³-hybridized carbons (Fsp3) is 0.0435. The summed E-state index contributed by atoms with van der Waals surface area (Å²) in [5.41, 5.74) is 10.6. The number of benzene rings is 6. The van der Waals surface area contributed by atoms with Crippen molar-refractivity contribution >= 4 is 37.9 Å². The monoisotopic (exact) mass is 612 g/mol. The lowest BCUT2D eigenvalue weighted by molar-refractivity contribution is 0.872. The number of hydrogen-bond acceptors (Lipinski definition) is 2. The lowest BCUT2D eigenvalue weighted by atomic mass is 9.80. The molecule has 1 unspecified atom stereocenters. The number of aromatic nitrogens is 2. The van der Waals surface area contributed by atoms with E-state index in [1.165, 1.54) is 65.7 Å². The minimum Gasteiger partial charge on any atom is -0.256 e. The van der Waals surface area contributed by atoms with Crippen molar-refractivity contribution in [2.45, 2.75) is 12.3 Å². The summed E-state index contributed by atoms with van der Waals surface area (Å²) in [6, 6.07) is 52.5. The lowest BCUT2D eigenvalue weighted by Crippen LogP contribution is -2.03. The van der Waals surface area contributed by atoms with Gasteiger partial charge < -0.3 is 0 Å². The summed E-state index contributed by atoms with van der Waals surface area (Å²) >= 11 is 0. The van der Waals surface area contributed by atoms with Crippen molar-refractivity contribution in [3.05, 3.63) is 187 Å². The number of pyridine rings is 2. The molecule has 8 aromatic rings. The zero-order chi connectivity index (χ0) is 31.9. The highest BCUT2D eigenvalue weighted by Crippen LogP contribution is 2.46. The van der Waals surface area contributed by atoms with Crippen LogP contribution in [0.2, 0.25) is 0 Å². The number of fused-ring (bicyclic) bond motifs is 3. The molecule has 0 radical (unpaired) electrons. The Morgan fingerprint density at radius 3 is 1.88 bits per heavy atom. The van der Waals surface area contributed by atoms with Gasteiger partial charge in [0.25, 0.3) is 0 Å². The first-order valence-electron chi connectivity index (χ1n) is 16.6. The second kappa shape index (κ2) is 11.9. The van der Waals surface area contributed by atoms with Crippen LogP contribution in [0.15, 0.2) is 176 Å². The largest absolute Gasteiger partial charge is 0.256 e. The molecule has 1 aliphatic rings. The predicted octanol–water partition coefficient (Wildman–Crippen LogP) is 12.1. The summed E-state index contributed by atoms with van der Waals surface area (Å²) in [4.78, 5) is 9.20. The fourth-order valence-corrected chi connectivity index (χ4v) is 7.47. The van der Waals surface area contributed by atoms with Gasteiger partial charge in [0.05, 0.1) is 11.4 Å². The standard InChI is InChI=1S/C46H32N2/c1-2-12-37-31(10-1)11-9-15-38(37)36-26-27-41-42(30-36)46(35-24-20-33(21-25-35)44-17-6-8-29-48-44)40-14-4-3-13-39(40)45(41)34-22-18-32(19-23-34)43-16-5-7-28-47-43/h1-24,26-30,35H,25H2. The van der Waals surface area contributed by atoms with Gasteiger partial charge in [-0.15, -0.1) is 0 Å². The summed E-state index contributed by atoms with van der Waals surface area (Å²) in [6.45, 7) is 0. The van der Waals surface area contributed by atoms with Crippen molar-refractivity contribution in [3.63, 3.8) is 0 Å². The van der Waals surface area contributed by atoms with Gasteiger partial charge in [-0.05, 0) is 102 Å². The van der Waals surface area contributed by atoms with Crippen LogP contribution in [0.4, 0.5) is 0 Å². The van der Waals surface area contributed by atoms with E-state index in [1.807, 2.05) is 30.6 Å². The first-order chi connectivity index (χ1) is 23.8. The maximum atomic E-state index is 4.62. The van der Waals surface area contributed by atoms with Crippen molar-refractivity contribution in [2.24, 2.45) is 0 Å². The molecule has 2 heterocycles. The Morgan fingerprint density at radius 2 is 1.12 bits per heavy atom. The first-order valence-corrected chi connectivity index (χ1v) is 16.6. The summed E-state index contributed by atoms with van der Waals surface area (Å²) in [6.07, 6.45) is 11.6. The normalized spacial score (nSPS) is 14.4. The molecule has 0 saturated heterocycles. The molecule has 6 aromatic carbocycles. The van der Waals surface area contributed by atoms with E-state index in [0.717, 1.165) is 23.4 Å². The molecule has 0 spiro atoms. The Kier molecular flexibility index (Phi) is 6.98. The molecule has 0 bridgehead atoms. The smallest absolute Gasteiger partial charge is 0.0701 e. The number of hydrogen-bond donors (Lipinski definition) is 0. The second-order valence-electron chi connectivity index (χ2n) is 12.5. The molecule has 0 amide bonds. The molecule has 9 rings (SSSR count). The molecule has 2 aromatic heterocycles. The van der Waals surface area contributed by atoms with E-state index in [-0.39, 0.29) is 5.92 Å². The van der Waals surface area contributed by atoms with Crippen molar-refractivity contribution in [2.75, 3.05) is 0 Å². The molecular weight excluding hydrogens is 581 g/mol. The molecule has 2 nitrogen and oxygen atoms in total. The van der Waals surface area contributed by atoms with Gasteiger partial charge in [-0.1, -0.05) is 133 Å². The van der Waals surface area contributed by atoms with E-state index in [1.54, 1.807) is 0 Å². The van der Waals surface area contributed by atoms with Crippen LogP contribution in [-0.2, 0) is 0 Å². The van der Waals surface area contributed by atoms with Crippen LogP contribution in [0.1, 0.15) is 23.6 Å². The van der Waals surface area contributed by atoms with Gasteiger partial charge in [-0.25, -0.2) is 0 Å². The number of nitrogens with zero attached hydrogens (tertiary/aromatic N) is 2. The molecule has 2 heteroatoms. The molecule has 1 aliphatic carbocycles. The van der Waals surface area contributed by atoms with Crippen LogP contribution in [-0.4, -0.2) is 9.97 Å². The Hall–Kier alpha value is -6.12. The fourth-order valence-electron chi connectivity index (χ4n) is 7.47. The first kappa shape index (κ1) is 28.1. The molecule has 0 saturated carbocycles. The molecule has 0 N–H and O–H groups in total. The summed E-state index contributed by atoms with van der Waals surface area (Å²) in [5, 5.41) is 7.67. The maximum absolute atomic E-state index is 4.62. The molecule has 0 fully saturated rings. The third kappa shape index (κ3) is 4.90. The summed E-state index contributed by atoms with van der Waals surface area (Å²) in [7, 11) is 0. The topological polar surface area (TPSA) is 25.8 Å². The van der Waals surface area contributed by atoms with E-state index in [9.17, 15) is 0 Å². The van der Waals surface area contributed by atoms with E-state index in [0.29, 0.717) is 0 Å². The highest BCUT2D eigenvalue weighted by molar-refractivity contribution is 6.16. The van der Waals surface area contributed by atoms with E-state index in [2.05, 4.69) is 156 Å². The van der Waals surface area contributed by atoms with Gasteiger partial charge >= 0.3 is 0 Å². The Morgan fingerprint density at radius 1 is 0.479 bits per heavy atom. The number of allylic oxidation sites excluding steroid dienone is 4. The lowest BCUT2D eigenvalue weighted by Gasteiger charge is -2.24. The van der Waals surface area contributed by atoms with Crippen molar-refractivity contribution in [1.82, 2.24) is 9.97 Å². The van der Waals surface area contributed by atoms with Gasteiger partial charge in [0.15, 0.2) is 0 Å². The van der Waals surface area contributed by atoms with E-state index >= 15 is 0 Å². The summed E-state index contributed by atoms with van der Waals surface area (Å²) < 4.78 is 0. The van der Waals surface area contributed by atoms with Crippen LogP contribution in [0.3, 0.4) is 0 Å². The van der Waals surface area contributed by atoms with Gasteiger partial charge in [0, 0.05) is 23.9 Å². The third-order valence-electron chi connectivity index (χ3n) is 9.73. The third-order valence-corrected chi connectivity index (χ3v) is 9.73. The highest BCUT2D eigenvalue weighted by atomic mass is 14.7. The number of rotatable bonds is 5. The van der Waals surface area contributed by atoms with E-state index < -0.39 is 0 Å². The molecule has 0 aliphatic heterocycles. The van der Waals surface area contributed by atoms with Gasteiger partial charge in [0.2, 0.25) is 0 Å². The van der Waals surface area contributed by atoms with Gasteiger partial charge in [-0.3, -0.25) is 9.97 Å². The quantitative estimate of drug-likeness (QED) is 0.181. The van der Waals surface area contributed by atoms with Gasteiger partial charge in [0.1, 0.15) is 0 Å². The molecular formula is C46H32N2. The van der Waals surface area contributed by atoms with Crippen molar-refractivity contribution in [3.8, 4) is 33.5 Å². The Labute approximate surface area is 280 Å². The predicted molar refractivity (Wildman–Crippen MR) is 202 cm³/mol. The minimum atomic E-state index is 0.230. The van der Waals surface area contributed by atoms with Crippen molar-refractivity contribution < 1.29 is 0 Å². The van der Waals surface area contributed by atoms with Crippen LogP contribution < -0.4 is 0 Å². The van der Waals surface area contributed by atoms with Crippen LogP contribution in [0, 0.1) is 0 Å². The van der Waals surface area contributed by atoms with Crippen LogP contribution in [0.25, 0.3) is 71.4 Å². The Bertz CT molecular complexity index is 2500. The van der Waals surface area contributed by atoms with Crippen molar-refractivity contribution in [1.29, 1.82) is 0 Å². The molecule has 48 heavy (non-hydrogen) atoms. The zero-order valence-corrected chi connectivity index (χ0v) is 26.4. The molecule has 226 valence electrons. The average Bonchev–Trinajstić information content (AvgIpc) is 3.17. The van der Waals surface area contributed by atoms with Crippen LogP contribution >= 0.6 is 0 Å². The SMILES string of the molecule is C1=CC(c2c3ccccc3c(-c3ccc(-c4ccccn4)cc3)c3ccc(-c4cccc5ccccc45)cc23)CC=C1c1ccccn1. The molecule has 1 atom stereocenters. The van der Waals surface area contributed by atoms with Gasteiger partial charge in [-0.2, -0.15) is 0 Å². The minimum absolute atomic E-state index is 0.230. The second-order valence-corrected chi connectivity index (χ2v) is 12.5. The average molecular weight is 613 g/mol. The highest BCUT2D eigenvalue weighted by Gasteiger charge is 2.22.